The minimum Gasteiger partial charge on any atom is -0.393 e. The van der Waals surface area contributed by atoms with Crippen LogP contribution in [0.3, 0.4) is 0 Å². The van der Waals surface area contributed by atoms with Crippen LogP contribution in [0.2, 0.25) is 0 Å². The smallest absolute Gasteiger partial charge is 0.231 e. The summed E-state index contributed by atoms with van der Waals surface area (Å²) >= 11 is 4.67. The lowest BCUT2D eigenvalue weighted by Gasteiger charge is -2.10. The van der Waals surface area contributed by atoms with Gasteiger partial charge >= 0.3 is 0 Å². The maximum absolute atomic E-state index is 11.4. The van der Waals surface area contributed by atoms with Crippen LogP contribution in [0.15, 0.2) is 18.2 Å². The molecule has 3 N–H and O–H groups in total. The topological polar surface area (TPSA) is 55.1 Å². The number of nitrogens with one attached hydrogen (secondary N) is 1. The number of anilines is 1. The van der Waals surface area contributed by atoms with Crippen LogP contribution in [0.1, 0.15) is 17.5 Å². The molecule has 1 rings (SSSR count). The molecule has 0 fully saturated rings. The van der Waals surface area contributed by atoms with E-state index < -0.39 is 0 Å². The van der Waals surface area contributed by atoms with Crippen molar-refractivity contribution in [2.24, 2.45) is 5.73 Å². The number of amides is 1. The van der Waals surface area contributed by atoms with Crippen molar-refractivity contribution < 1.29 is 4.79 Å². The highest BCUT2D eigenvalue weighted by Gasteiger charge is 2.07. The Hall–Kier alpha value is -1.42. The molecule has 0 aliphatic rings. The predicted octanol–water partition coefficient (Wildman–Crippen LogP) is 1.92. The third kappa shape index (κ3) is 3.32. The molecule has 3 nitrogen and oxygen atoms in total. The largest absolute Gasteiger partial charge is 0.393 e. The summed E-state index contributed by atoms with van der Waals surface area (Å²) in [5.74, 6) is -0.167. The summed E-state index contributed by atoms with van der Waals surface area (Å²) in [4.78, 5) is 11.7. The quantitative estimate of drug-likeness (QED) is 0.768. The number of aryl methyl sites for hydroxylation is 2. The highest BCUT2D eigenvalue weighted by molar-refractivity contribution is 7.80. The molecule has 0 aliphatic heterocycles. The van der Waals surface area contributed by atoms with Crippen LogP contribution in [-0.4, -0.2) is 10.9 Å². The molecule has 0 radical (unpaired) electrons. The molecule has 0 aliphatic carbocycles. The highest BCUT2D eigenvalue weighted by atomic mass is 32.1. The van der Waals surface area contributed by atoms with E-state index in [1.54, 1.807) is 0 Å². The Morgan fingerprint density at radius 3 is 2.40 bits per heavy atom. The van der Waals surface area contributed by atoms with Crippen molar-refractivity contribution in [3.05, 3.63) is 29.3 Å². The molecule has 1 aromatic rings. The molecule has 0 heterocycles. The first kappa shape index (κ1) is 11.7. The Kier molecular flexibility index (Phi) is 3.80. The van der Waals surface area contributed by atoms with Gasteiger partial charge in [0.2, 0.25) is 5.91 Å². The van der Waals surface area contributed by atoms with Gasteiger partial charge in [0, 0.05) is 5.69 Å². The number of hydrogen-bond acceptors (Lipinski definition) is 2. The van der Waals surface area contributed by atoms with Crippen molar-refractivity contribution in [3.8, 4) is 0 Å². The lowest BCUT2D eigenvalue weighted by Crippen LogP contribution is -2.20. The van der Waals surface area contributed by atoms with Crippen molar-refractivity contribution in [1.29, 1.82) is 0 Å². The average Bonchev–Trinajstić information content (AvgIpc) is 2.10. The van der Waals surface area contributed by atoms with Gasteiger partial charge in [0.05, 0.1) is 11.4 Å². The fourth-order valence-electron chi connectivity index (χ4n) is 1.35. The molecular formula is C11H14N2OS. The Morgan fingerprint density at radius 2 is 1.93 bits per heavy atom. The lowest BCUT2D eigenvalue weighted by molar-refractivity contribution is -0.115. The van der Waals surface area contributed by atoms with Gasteiger partial charge in [-0.25, -0.2) is 0 Å². The molecule has 80 valence electrons. The third-order valence-corrected chi connectivity index (χ3v) is 2.22. The van der Waals surface area contributed by atoms with Crippen molar-refractivity contribution in [3.63, 3.8) is 0 Å². The highest BCUT2D eigenvalue weighted by Crippen LogP contribution is 2.19. The maximum atomic E-state index is 11.4. The van der Waals surface area contributed by atoms with E-state index in [9.17, 15) is 4.79 Å². The summed E-state index contributed by atoms with van der Waals surface area (Å²) in [7, 11) is 0. The maximum Gasteiger partial charge on any atom is 0.231 e. The number of hydrogen-bond donors (Lipinski definition) is 2. The number of benzene rings is 1. The second-order valence-electron chi connectivity index (χ2n) is 3.46. The van der Waals surface area contributed by atoms with Gasteiger partial charge in [0.15, 0.2) is 0 Å². The third-order valence-electron chi connectivity index (χ3n) is 2.08. The SMILES string of the molecule is Cc1cccc(C)c1NC(=O)CC(N)=S. The van der Waals surface area contributed by atoms with Crippen LogP contribution in [0.4, 0.5) is 5.69 Å². The fourth-order valence-corrected chi connectivity index (χ4v) is 1.48. The molecule has 0 aromatic heterocycles. The van der Waals surface area contributed by atoms with Crippen molar-refractivity contribution in [2.45, 2.75) is 20.3 Å². The van der Waals surface area contributed by atoms with Crippen LogP contribution >= 0.6 is 12.2 Å². The zero-order valence-electron chi connectivity index (χ0n) is 8.83. The van der Waals surface area contributed by atoms with Gasteiger partial charge in [-0.15, -0.1) is 0 Å². The Labute approximate surface area is 94.7 Å². The standard InChI is InChI=1S/C11H14N2OS/c1-7-4-3-5-8(2)11(7)13-10(14)6-9(12)15/h3-5H,6H2,1-2H3,(H2,12,15)(H,13,14). The number of carbonyl (C=O) groups is 1. The first-order valence-corrected chi connectivity index (χ1v) is 5.06. The molecule has 1 amide bonds. The van der Waals surface area contributed by atoms with Crippen molar-refractivity contribution in [2.75, 3.05) is 5.32 Å². The Bertz CT molecular complexity index is 381. The van der Waals surface area contributed by atoms with Gasteiger partial charge in [0.25, 0.3) is 0 Å². The number of nitrogens with two attached hydrogens (primary N) is 1. The number of thiocarbonyl (C=S) groups is 1. The molecule has 0 atom stereocenters. The Morgan fingerprint density at radius 1 is 1.40 bits per heavy atom. The van der Waals surface area contributed by atoms with Crippen molar-refractivity contribution >= 4 is 28.8 Å². The Balaban J connectivity index is 2.80. The summed E-state index contributed by atoms with van der Waals surface area (Å²) < 4.78 is 0. The summed E-state index contributed by atoms with van der Waals surface area (Å²) in [6, 6.07) is 5.85. The monoisotopic (exact) mass is 222 g/mol. The van der Waals surface area contributed by atoms with E-state index in [-0.39, 0.29) is 17.3 Å². The molecule has 0 spiro atoms. The van der Waals surface area contributed by atoms with Gasteiger partial charge in [-0.3, -0.25) is 4.79 Å². The summed E-state index contributed by atoms with van der Waals surface area (Å²) in [5.41, 5.74) is 8.21. The molecule has 15 heavy (non-hydrogen) atoms. The van der Waals surface area contributed by atoms with E-state index in [0.29, 0.717) is 0 Å². The van der Waals surface area contributed by atoms with E-state index in [4.69, 9.17) is 5.73 Å². The van der Waals surface area contributed by atoms with Crippen molar-refractivity contribution in [1.82, 2.24) is 0 Å². The van der Waals surface area contributed by atoms with E-state index in [2.05, 4.69) is 17.5 Å². The second kappa shape index (κ2) is 4.89. The van der Waals surface area contributed by atoms with Crippen LogP contribution < -0.4 is 11.1 Å². The molecule has 0 saturated heterocycles. The molecular weight excluding hydrogens is 208 g/mol. The average molecular weight is 222 g/mol. The minimum absolute atomic E-state index is 0.0864. The number of carbonyl (C=O) groups excluding carboxylic acids is 1. The van der Waals surface area contributed by atoms with E-state index in [0.717, 1.165) is 16.8 Å². The first-order valence-electron chi connectivity index (χ1n) is 4.65. The first-order chi connectivity index (χ1) is 7.00. The van der Waals surface area contributed by atoms with Gasteiger partial charge in [-0.1, -0.05) is 30.4 Å². The molecule has 1 aromatic carbocycles. The van der Waals surface area contributed by atoms with Crippen LogP contribution in [0, 0.1) is 13.8 Å². The van der Waals surface area contributed by atoms with Crippen LogP contribution in [-0.2, 0) is 4.79 Å². The van der Waals surface area contributed by atoms with Crippen LogP contribution in [0.25, 0.3) is 0 Å². The van der Waals surface area contributed by atoms with Gasteiger partial charge in [-0.2, -0.15) is 0 Å². The predicted molar refractivity (Wildman–Crippen MR) is 65.9 cm³/mol. The molecule has 0 bridgehead atoms. The summed E-state index contributed by atoms with van der Waals surface area (Å²) in [6.07, 6.45) is 0.0864. The van der Waals surface area contributed by atoms with Gasteiger partial charge < -0.3 is 11.1 Å². The van der Waals surface area contributed by atoms with E-state index in [1.165, 1.54) is 0 Å². The summed E-state index contributed by atoms with van der Waals surface area (Å²) in [5, 5.41) is 2.80. The number of para-hydroxylation sites is 1. The molecule has 0 unspecified atom stereocenters. The van der Waals surface area contributed by atoms with E-state index >= 15 is 0 Å². The second-order valence-corrected chi connectivity index (χ2v) is 3.98. The number of rotatable bonds is 3. The van der Waals surface area contributed by atoms with Gasteiger partial charge in [-0.05, 0) is 25.0 Å². The molecule has 4 heteroatoms. The van der Waals surface area contributed by atoms with Gasteiger partial charge in [0.1, 0.15) is 0 Å². The van der Waals surface area contributed by atoms with Crippen LogP contribution in [0.5, 0.6) is 0 Å². The van der Waals surface area contributed by atoms with E-state index in [1.807, 2.05) is 32.0 Å². The molecule has 0 saturated carbocycles. The summed E-state index contributed by atoms with van der Waals surface area (Å²) in [6.45, 7) is 3.90. The zero-order valence-corrected chi connectivity index (χ0v) is 9.65. The minimum atomic E-state index is -0.167. The fraction of sp³-hybridized carbons (Fsp3) is 0.273. The lowest BCUT2D eigenvalue weighted by atomic mass is 10.1. The normalized spacial score (nSPS) is 9.73. The zero-order chi connectivity index (χ0) is 11.4.